The molecule has 4 rings (SSSR count). The fourth-order valence-electron chi connectivity index (χ4n) is 3.78. The zero-order valence-corrected chi connectivity index (χ0v) is 19.6. The minimum atomic E-state index is -0.532. The van der Waals surface area contributed by atoms with Gasteiger partial charge in [-0.1, -0.05) is 29.3 Å². The van der Waals surface area contributed by atoms with E-state index in [1.54, 1.807) is 47.1 Å². The summed E-state index contributed by atoms with van der Waals surface area (Å²) >= 11 is 12.3. The van der Waals surface area contributed by atoms with Crippen LogP contribution in [0.1, 0.15) is 28.2 Å². The van der Waals surface area contributed by atoms with Gasteiger partial charge in [-0.25, -0.2) is 0 Å². The fraction of sp³-hybridized carbons (Fsp3) is 0.208. The highest BCUT2D eigenvalue weighted by molar-refractivity contribution is 6.44. The molecule has 1 fully saturated rings. The number of carbonyl (C=O) groups excluding carboxylic acids is 3. The van der Waals surface area contributed by atoms with E-state index in [2.05, 4.69) is 10.7 Å². The molecule has 0 saturated carbocycles. The molecule has 3 aromatic rings. The first-order valence-electron chi connectivity index (χ1n) is 10.4. The number of hydrogen-bond acceptors (Lipinski definition) is 3. The predicted molar refractivity (Wildman–Crippen MR) is 130 cm³/mol. The van der Waals surface area contributed by atoms with Crippen LogP contribution >= 0.6 is 23.2 Å². The van der Waals surface area contributed by atoms with Gasteiger partial charge in [-0.2, -0.15) is 0 Å². The van der Waals surface area contributed by atoms with E-state index in [-0.39, 0.29) is 35.7 Å². The molecule has 9 heteroatoms. The third kappa shape index (κ3) is 4.74. The molecule has 33 heavy (non-hydrogen) atoms. The second kappa shape index (κ2) is 9.29. The lowest BCUT2D eigenvalue weighted by Crippen LogP contribution is -2.28. The molecule has 0 spiro atoms. The molecule has 0 bridgehead atoms. The summed E-state index contributed by atoms with van der Waals surface area (Å²) in [5.74, 6) is -1.26. The maximum Gasteiger partial charge on any atom is 0.270 e. The summed E-state index contributed by atoms with van der Waals surface area (Å²) in [7, 11) is 0. The molecule has 7 nitrogen and oxygen atoms in total. The molecule has 1 atom stereocenters. The smallest absolute Gasteiger partial charge is 0.270 e. The van der Waals surface area contributed by atoms with Gasteiger partial charge in [-0.05, 0) is 62.4 Å². The average Bonchev–Trinajstić information content (AvgIpc) is 3.33. The molecule has 2 heterocycles. The molecule has 0 aliphatic carbocycles. The highest BCUT2D eigenvalue weighted by Gasteiger charge is 2.36. The van der Waals surface area contributed by atoms with Crippen molar-refractivity contribution in [2.75, 3.05) is 22.2 Å². The molecule has 1 aliphatic rings. The Morgan fingerprint density at radius 1 is 0.970 bits per heavy atom. The summed E-state index contributed by atoms with van der Waals surface area (Å²) in [6.45, 7) is 4.02. The summed E-state index contributed by atoms with van der Waals surface area (Å²) in [5, 5.41) is 3.45. The zero-order valence-electron chi connectivity index (χ0n) is 18.1. The largest absolute Gasteiger partial charge is 0.326 e. The normalized spacial score (nSPS) is 15.6. The van der Waals surface area contributed by atoms with E-state index in [1.807, 2.05) is 26.0 Å². The quantitative estimate of drug-likeness (QED) is 0.546. The van der Waals surface area contributed by atoms with E-state index >= 15 is 0 Å². The van der Waals surface area contributed by atoms with Gasteiger partial charge in [-0.3, -0.25) is 24.5 Å². The third-order valence-electron chi connectivity index (χ3n) is 5.62. The van der Waals surface area contributed by atoms with Gasteiger partial charge in [0.25, 0.3) is 5.91 Å². The van der Waals surface area contributed by atoms with Crippen LogP contribution in [0.15, 0.2) is 54.6 Å². The number of amides is 3. The van der Waals surface area contributed by atoms with Crippen LogP contribution in [0.3, 0.4) is 0 Å². The molecular weight excluding hydrogens is 463 g/mol. The number of nitrogens with zero attached hydrogens (tertiary/aromatic N) is 2. The number of nitrogens with one attached hydrogen (secondary N) is 2. The Balaban J connectivity index is 1.39. The van der Waals surface area contributed by atoms with Crippen LogP contribution in [0.2, 0.25) is 10.0 Å². The minimum Gasteiger partial charge on any atom is -0.326 e. The number of hydrogen-bond donors (Lipinski definition) is 2. The van der Waals surface area contributed by atoms with Gasteiger partial charge in [0.05, 0.1) is 21.7 Å². The second-order valence-corrected chi connectivity index (χ2v) is 8.72. The van der Waals surface area contributed by atoms with Crippen molar-refractivity contribution in [2.24, 2.45) is 5.92 Å². The molecule has 1 aromatic heterocycles. The van der Waals surface area contributed by atoms with E-state index in [0.29, 0.717) is 22.0 Å². The number of aryl methyl sites for hydroxylation is 2. The van der Waals surface area contributed by atoms with Gasteiger partial charge < -0.3 is 10.2 Å². The number of rotatable bonds is 5. The number of halogens is 2. The summed E-state index contributed by atoms with van der Waals surface area (Å²) in [4.78, 5) is 39.3. The van der Waals surface area contributed by atoms with Crippen LogP contribution in [0.25, 0.3) is 0 Å². The van der Waals surface area contributed by atoms with Crippen molar-refractivity contribution in [1.82, 2.24) is 4.68 Å². The fourth-order valence-corrected chi connectivity index (χ4v) is 4.17. The first-order chi connectivity index (χ1) is 15.7. The van der Waals surface area contributed by atoms with Crippen molar-refractivity contribution >= 4 is 52.3 Å². The van der Waals surface area contributed by atoms with Crippen molar-refractivity contribution < 1.29 is 14.4 Å². The maximum absolute atomic E-state index is 12.8. The van der Waals surface area contributed by atoms with Crippen molar-refractivity contribution in [1.29, 1.82) is 0 Å². The summed E-state index contributed by atoms with van der Waals surface area (Å²) < 4.78 is 1.72. The Morgan fingerprint density at radius 2 is 1.64 bits per heavy atom. The molecule has 2 N–H and O–H groups in total. The molecule has 3 amide bonds. The lowest BCUT2D eigenvalue weighted by atomic mass is 10.1. The van der Waals surface area contributed by atoms with Crippen molar-refractivity contribution in [2.45, 2.75) is 20.3 Å². The van der Waals surface area contributed by atoms with E-state index < -0.39 is 5.92 Å². The van der Waals surface area contributed by atoms with Crippen molar-refractivity contribution in [3.8, 4) is 0 Å². The van der Waals surface area contributed by atoms with Crippen LogP contribution in [0, 0.1) is 19.8 Å². The maximum atomic E-state index is 12.8. The zero-order chi connectivity index (χ0) is 23.7. The van der Waals surface area contributed by atoms with Crippen LogP contribution in [0.5, 0.6) is 0 Å². The molecule has 0 unspecified atom stereocenters. The lowest BCUT2D eigenvalue weighted by molar-refractivity contribution is -0.122. The Labute approximate surface area is 201 Å². The van der Waals surface area contributed by atoms with Gasteiger partial charge in [0, 0.05) is 35.6 Å². The average molecular weight is 485 g/mol. The first-order valence-corrected chi connectivity index (χ1v) is 11.1. The van der Waals surface area contributed by atoms with Gasteiger partial charge in [-0.15, -0.1) is 0 Å². The monoisotopic (exact) mass is 484 g/mol. The Hall–Kier alpha value is -3.29. The molecule has 1 aliphatic heterocycles. The SMILES string of the molecule is Cc1ccc(C)n1NC(=O)c1ccc(NC(=O)[C@@H]2CC(=O)N(c3cccc(Cl)c3Cl)C2)cc1. The standard InChI is InChI=1S/C24H22Cl2N4O3/c1-14-6-7-15(2)30(14)28-24(33)16-8-10-18(11-9-16)27-23(32)17-12-21(31)29(13-17)20-5-3-4-19(25)22(20)26/h3-11,17H,12-13H2,1-2H3,(H,27,32)(H,28,33)/t17-/m1/s1. The minimum absolute atomic E-state index is 0.0741. The van der Waals surface area contributed by atoms with Gasteiger partial charge in [0.1, 0.15) is 0 Å². The Kier molecular flexibility index (Phi) is 6.44. The molecule has 2 aromatic carbocycles. The first kappa shape index (κ1) is 22.9. The lowest BCUT2D eigenvalue weighted by Gasteiger charge is -2.18. The Bertz CT molecular complexity index is 1220. The topological polar surface area (TPSA) is 83.4 Å². The van der Waals surface area contributed by atoms with Crippen LogP contribution in [0.4, 0.5) is 11.4 Å². The van der Waals surface area contributed by atoms with E-state index in [4.69, 9.17) is 23.2 Å². The highest BCUT2D eigenvalue weighted by atomic mass is 35.5. The molecule has 1 saturated heterocycles. The molecule has 0 radical (unpaired) electrons. The van der Waals surface area contributed by atoms with Crippen molar-refractivity contribution in [3.05, 3.63) is 81.6 Å². The Morgan fingerprint density at radius 3 is 2.30 bits per heavy atom. The number of aromatic nitrogens is 1. The van der Waals surface area contributed by atoms with E-state index in [0.717, 1.165) is 11.4 Å². The highest BCUT2D eigenvalue weighted by Crippen LogP contribution is 2.35. The van der Waals surface area contributed by atoms with Gasteiger partial charge in [0.2, 0.25) is 11.8 Å². The summed E-state index contributed by atoms with van der Waals surface area (Å²) in [6.07, 6.45) is 0.0741. The summed E-state index contributed by atoms with van der Waals surface area (Å²) in [6, 6.07) is 15.5. The second-order valence-electron chi connectivity index (χ2n) is 7.94. The van der Waals surface area contributed by atoms with Gasteiger partial charge in [0.15, 0.2) is 0 Å². The van der Waals surface area contributed by atoms with Crippen LogP contribution < -0.4 is 15.6 Å². The number of benzene rings is 2. The third-order valence-corrected chi connectivity index (χ3v) is 6.43. The van der Waals surface area contributed by atoms with E-state index in [9.17, 15) is 14.4 Å². The van der Waals surface area contributed by atoms with Crippen LogP contribution in [-0.4, -0.2) is 28.9 Å². The molecule has 170 valence electrons. The van der Waals surface area contributed by atoms with Crippen LogP contribution in [-0.2, 0) is 9.59 Å². The summed E-state index contributed by atoms with van der Waals surface area (Å²) in [5.41, 5.74) is 6.17. The molecular formula is C24H22Cl2N4O3. The van der Waals surface area contributed by atoms with Crippen molar-refractivity contribution in [3.63, 3.8) is 0 Å². The predicted octanol–water partition coefficient (Wildman–Crippen LogP) is 4.79. The van der Waals surface area contributed by atoms with Gasteiger partial charge >= 0.3 is 0 Å². The number of anilines is 2. The number of carbonyl (C=O) groups is 3. The van der Waals surface area contributed by atoms with E-state index in [1.165, 1.54) is 4.90 Å².